The fourth-order valence-corrected chi connectivity index (χ4v) is 4.16. The molecule has 0 aromatic carbocycles. The van der Waals surface area contributed by atoms with Gasteiger partial charge in [0.1, 0.15) is 0 Å². The molecule has 0 N–H and O–H groups in total. The molecule has 1 aliphatic rings. The van der Waals surface area contributed by atoms with E-state index in [0.717, 1.165) is 32.2 Å². The average Bonchev–Trinajstić information content (AvgIpc) is 2.32. The Hall–Kier alpha value is -0.620. The van der Waals surface area contributed by atoms with Gasteiger partial charge >= 0.3 is 0 Å². The number of hydrogen-bond acceptors (Lipinski definition) is 3. The highest BCUT2D eigenvalue weighted by molar-refractivity contribution is 7.88. The smallest absolute Gasteiger partial charge is 0.238 e. The maximum Gasteiger partial charge on any atom is 0.238 e. The van der Waals surface area contributed by atoms with E-state index in [4.69, 9.17) is 0 Å². The van der Waals surface area contributed by atoms with Crippen LogP contribution in [0.15, 0.2) is 0 Å². The third-order valence-electron chi connectivity index (χ3n) is 3.85. The molecule has 1 unspecified atom stereocenters. The Morgan fingerprint density at radius 3 is 2.35 bits per heavy atom. The first-order chi connectivity index (χ1) is 9.07. The van der Waals surface area contributed by atoms with Gasteiger partial charge in [0.25, 0.3) is 0 Å². The quantitative estimate of drug-likeness (QED) is 0.796. The molecule has 1 rings (SSSR count). The van der Waals surface area contributed by atoms with Crippen molar-refractivity contribution in [2.45, 2.75) is 65.0 Å². The Morgan fingerprint density at radius 1 is 1.30 bits per heavy atom. The summed E-state index contributed by atoms with van der Waals surface area (Å²) in [6.07, 6.45) is 5.28. The van der Waals surface area contributed by atoms with Crippen molar-refractivity contribution in [3.05, 3.63) is 0 Å². The lowest BCUT2D eigenvalue weighted by atomic mass is 10.00. The molecule has 1 heterocycles. The minimum Gasteiger partial charge on any atom is -0.339 e. The Kier molecular flexibility index (Phi) is 5.61. The second kappa shape index (κ2) is 6.43. The number of sulfonamides is 1. The Labute approximate surface area is 123 Å². The van der Waals surface area contributed by atoms with Gasteiger partial charge in [-0.15, -0.1) is 0 Å². The number of carbonyl (C=O) groups is 1. The van der Waals surface area contributed by atoms with E-state index in [1.807, 2.05) is 25.7 Å². The molecule has 0 spiro atoms. The Bertz CT molecular complexity index is 440. The summed E-state index contributed by atoms with van der Waals surface area (Å²) in [5.41, 5.74) is -0.583. The van der Waals surface area contributed by atoms with Crippen LogP contribution in [0.5, 0.6) is 0 Å². The van der Waals surface area contributed by atoms with E-state index in [0.29, 0.717) is 0 Å². The van der Waals surface area contributed by atoms with Gasteiger partial charge in [0.2, 0.25) is 15.9 Å². The van der Waals surface area contributed by atoms with Crippen molar-refractivity contribution < 1.29 is 13.2 Å². The van der Waals surface area contributed by atoms with Crippen LogP contribution < -0.4 is 0 Å². The molecule has 1 fully saturated rings. The van der Waals surface area contributed by atoms with Crippen molar-refractivity contribution in [3.8, 4) is 0 Å². The van der Waals surface area contributed by atoms with Gasteiger partial charge in [-0.2, -0.15) is 4.31 Å². The van der Waals surface area contributed by atoms with E-state index in [1.165, 1.54) is 10.6 Å². The summed E-state index contributed by atoms with van der Waals surface area (Å²) in [7, 11) is -3.39. The summed E-state index contributed by atoms with van der Waals surface area (Å²) in [5.74, 6) is -0.0723. The first-order valence-electron chi connectivity index (χ1n) is 7.34. The number of rotatable bonds is 4. The average molecular weight is 304 g/mol. The first-order valence-corrected chi connectivity index (χ1v) is 9.19. The molecule has 0 bridgehead atoms. The maximum absolute atomic E-state index is 12.5. The maximum atomic E-state index is 12.5. The summed E-state index contributed by atoms with van der Waals surface area (Å²) in [4.78, 5) is 14.4. The molecule has 0 aliphatic carbocycles. The van der Waals surface area contributed by atoms with Crippen LogP contribution in [0, 0.1) is 0 Å². The molecule has 1 saturated heterocycles. The Morgan fingerprint density at radius 2 is 1.90 bits per heavy atom. The minimum atomic E-state index is -3.39. The second-order valence-electron chi connectivity index (χ2n) is 6.59. The lowest BCUT2D eigenvalue weighted by Crippen LogP contribution is -2.53. The van der Waals surface area contributed by atoms with Gasteiger partial charge < -0.3 is 4.90 Å². The Balaban J connectivity index is 2.86. The summed E-state index contributed by atoms with van der Waals surface area (Å²) in [5, 5.41) is 0. The van der Waals surface area contributed by atoms with E-state index in [1.54, 1.807) is 0 Å². The van der Waals surface area contributed by atoms with Gasteiger partial charge in [-0.3, -0.25) is 4.79 Å². The molecule has 1 aliphatic heterocycles. The number of piperidine rings is 1. The van der Waals surface area contributed by atoms with E-state index < -0.39 is 15.6 Å². The molecule has 118 valence electrons. The first kappa shape index (κ1) is 17.4. The van der Waals surface area contributed by atoms with Crippen LogP contribution in [0.2, 0.25) is 0 Å². The number of amides is 1. The van der Waals surface area contributed by atoms with Gasteiger partial charge in [-0.1, -0.05) is 6.92 Å². The van der Waals surface area contributed by atoms with Crippen LogP contribution in [0.3, 0.4) is 0 Å². The molecule has 5 nitrogen and oxygen atoms in total. The zero-order chi connectivity index (χ0) is 15.6. The highest BCUT2D eigenvalue weighted by Gasteiger charge is 2.34. The minimum absolute atomic E-state index is 0.0567. The van der Waals surface area contributed by atoms with Gasteiger partial charge in [-0.05, 0) is 46.5 Å². The molecule has 1 atom stereocenters. The van der Waals surface area contributed by atoms with E-state index in [9.17, 15) is 13.2 Å². The number of carbonyl (C=O) groups excluding carboxylic acids is 1. The van der Waals surface area contributed by atoms with E-state index in [-0.39, 0.29) is 18.5 Å². The van der Waals surface area contributed by atoms with E-state index >= 15 is 0 Å². The molecule has 0 aromatic heterocycles. The lowest BCUT2D eigenvalue weighted by Gasteiger charge is -2.39. The molecule has 1 amide bonds. The molecule has 0 radical (unpaired) electrons. The number of hydrogen-bond donors (Lipinski definition) is 0. The van der Waals surface area contributed by atoms with Crippen LogP contribution >= 0.6 is 0 Å². The van der Waals surface area contributed by atoms with Crippen LogP contribution in [0.25, 0.3) is 0 Å². The topological polar surface area (TPSA) is 57.7 Å². The molecule has 6 heteroatoms. The van der Waals surface area contributed by atoms with Gasteiger partial charge in [0, 0.05) is 18.1 Å². The monoisotopic (exact) mass is 304 g/mol. The van der Waals surface area contributed by atoms with Crippen molar-refractivity contribution in [1.29, 1.82) is 0 Å². The van der Waals surface area contributed by atoms with Crippen molar-refractivity contribution in [3.63, 3.8) is 0 Å². The molecule has 0 saturated carbocycles. The van der Waals surface area contributed by atoms with Crippen molar-refractivity contribution in [1.82, 2.24) is 9.21 Å². The van der Waals surface area contributed by atoms with Crippen molar-refractivity contribution in [2.24, 2.45) is 0 Å². The third-order valence-corrected chi connectivity index (χ3v) is 5.32. The summed E-state index contributed by atoms with van der Waals surface area (Å²) in [6, 6.07) is 0.262. The van der Waals surface area contributed by atoms with Crippen molar-refractivity contribution in [2.75, 3.05) is 19.3 Å². The highest BCUT2D eigenvalue weighted by atomic mass is 32.2. The van der Waals surface area contributed by atoms with Gasteiger partial charge in [0.15, 0.2) is 0 Å². The lowest BCUT2D eigenvalue weighted by molar-refractivity contribution is -0.135. The number of likely N-dealkylation sites (tertiary alicyclic amines) is 1. The predicted molar refractivity (Wildman–Crippen MR) is 80.9 cm³/mol. The summed E-state index contributed by atoms with van der Waals surface area (Å²) < 4.78 is 25.1. The highest BCUT2D eigenvalue weighted by Crippen LogP contribution is 2.22. The summed E-state index contributed by atoms with van der Waals surface area (Å²) in [6.45, 7) is 8.21. The zero-order valence-corrected chi connectivity index (χ0v) is 14.2. The number of nitrogens with zero attached hydrogens (tertiary/aromatic N) is 2. The van der Waals surface area contributed by atoms with Crippen LogP contribution in [0.1, 0.15) is 53.4 Å². The molecule has 0 aromatic rings. The fraction of sp³-hybridized carbons (Fsp3) is 0.929. The largest absolute Gasteiger partial charge is 0.339 e. The predicted octanol–water partition coefficient (Wildman–Crippen LogP) is 1.84. The second-order valence-corrected chi connectivity index (χ2v) is 8.49. The standard InChI is InChI=1S/C14H28N2O3S/c1-6-12-9-7-8-10-15(12)13(17)11-16(14(2,3)4)20(5,18)19/h12H,6-11H2,1-5H3. The SMILES string of the molecule is CCC1CCCCN1C(=O)CN(C(C)(C)C)S(C)(=O)=O. The van der Waals surface area contributed by atoms with Crippen LogP contribution in [-0.2, 0) is 14.8 Å². The van der Waals surface area contributed by atoms with Gasteiger partial charge in [0.05, 0.1) is 12.8 Å². The summed E-state index contributed by atoms with van der Waals surface area (Å²) >= 11 is 0. The third kappa shape index (κ3) is 4.45. The van der Waals surface area contributed by atoms with Gasteiger partial charge in [-0.25, -0.2) is 8.42 Å². The van der Waals surface area contributed by atoms with Crippen LogP contribution in [0.4, 0.5) is 0 Å². The van der Waals surface area contributed by atoms with E-state index in [2.05, 4.69) is 6.92 Å². The molecular weight excluding hydrogens is 276 g/mol. The van der Waals surface area contributed by atoms with Crippen molar-refractivity contribution >= 4 is 15.9 Å². The normalized spacial score (nSPS) is 21.3. The fourth-order valence-electron chi connectivity index (χ4n) is 2.82. The van der Waals surface area contributed by atoms with Crippen LogP contribution in [-0.4, -0.2) is 54.5 Å². The molecular formula is C14H28N2O3S. The zero-order valence-electron chi connectivity index (χ0n) is 13.3. The molecule has 20 heavy (non-hydrogen) atoms.